The summed E-state index contributed by atoms with van der Waals surface area (Å²) in [6, 6.07) is 0. The van der Waals surface area contributed by atoms with Crippen LogP contribution in [0.1, 0.15) is 107 Å². The van der Waals surface area contributed by atoms with Crippen molar-refractivity contribution in [3.8, 4) is 0 Å². The van der Waals surface area contributed by atoms with E-state index in [1.54, 1.807) is 6.08 Å². The van der Waals surface area contributed by atoms with Crippen LogP contribution < -0.4 is 0 Å². The molecule has 0 unspecified atom stereocenters. The normalized spacial score (nSPS) is 23.6. The van der Waals surface area contributed by atoms with Crippen LogP contribution in [0.3, 0.4) is 0 Å². The van der Waals surface area contributed by atoms with Crippen LogP contribution >= 0.6 is 0 Å². The fraction of sp³-hybridized carbons (Fsp3) is 0.760. The Morgan fingerprint density at radius 2 is 1.25 bits per heavy atom. The molecule has 1 saturated carbocycles. The van der Waals surface area contributed by atoms with E-state index < -0.39 is 0 Å². The molecule has 0 spiro atoms. The van der Waals surface area contributed by atoms with E-state index in [0.29, 0.717) is 5.41 Å². The van der Waals surface area contributed by atoms with Gasteiger partial charge in [0.15, 0.2) is 0 Å². The standard InChI is InChI=1S/C13H21BO2.C10H20.C2H6/c1-7-9-10-11(8-2)14-15-12(3,4)13(5,6)16-14;1-10(2)8-6-4-3-5-7-9-10;1-2/h7-10H,2H2,1,3-6H3;3-9H2,1-2H3;1-2H3/b9-7-,11-10+;;. The van der Waals surface area contributed by atoms with Gasteiger partial charge in [0.25, 0.3) is 0 Å². The smallest absolute Gasteiger partial charge is 0.399 e. The fourth-order valence-electron chi connectivity index (χ4n) is 3.29. The van der Waals surface area contributed by atoms with Crippen LogP contribution in [0.5, 0.6) is 0 Å². The van der Waals surface area contributed by atoms with Gasteiger partial charge in [0.1, 0.15) is 0 Å². The van der Waals surface area contributed by atoms with E-state index in [9.17, 15) is 0 Å². The maximum atomic E-state index is 5.92. The van der Waals surface area contributed by atoms with Crippen molar-refractivity contribution in [1.82, 2.24) is 0 Å². The molecule has 2 aliphatic rings. The Bertz CT molecular complexity index is 475. The molecule has 1 heterocycles. The summed E-state index contributed by atoms with van der Waals surface area (Å²) < 4.78 is 11.8. The second-order valence-corrected chi connectivity index (χ2v) is 9.42. The Morgan fingerprint density at radius 1 is 0.821 bits per heavy atom. The van der Waals surface area contributed by atoms with Crippen molar-refractivity contribution < 1.29 is 9.31 Å². The Balaban J connectivity index is 0.000000520. The van der Waals surface area contributed by atoms with Crippen LogP contribution in [0.4, 0.5) is 0 Å². The van der Waals surface area contributed by atoms with E-state index in [-0.39, 0.29) is 18.3 Å². The lowest BCUT2D eigenvalue weighted by Gasteiger charge is -2.32. The van der Waals surface area contributed by atoms with Gasteiger partial charge >= 0.3 is 7.12 Å². The number of hydrogen-bond acceptors (Lipinski definition) is 2. The summed E-state index contributed by atoms with van der Waals surface area (Å²) in [5.41, 5.74) is 1.02. The van der Waals surface area contributed by atoms with Crippen LogP contribution in [-0.4, -0.2) is 18.3 Å². The molecule has 1 aliphatic heterocycles. The van der Waals surface area contributed by atoms with Gasteiger partial charge in [-0.1, -0.05) is 90.7 Å². The molecule has 2 rings (SSSR count). The third-order valence-electron chi connectivity index (χ3n) is 5.95. The molecule has 1 saturated heterocycles. The monoisotopic (exact) mass is 390 g/mol. The molecule has 2 fully saturated rings. The zero-order chi connectivity index (χ0) is 21.8. The van der Waals surface area contributed by atoms with Gasteiger partial charge in [-0.25, -0.2) is 0 Å². The number of allylic oxidation sites excluding steroid dienone is 5. The zero-order valence-electron chi connectivity index (χ0n) is 20.4. The summed E-state index contributed by atoms with van der Waals surface area (Å²) >= 11 is 0. The second-order valence-electron chi connectivity index (χ2n) is 9.42. The Hall–Kier alpha value is -0.795. The largest absolute Gasteiger partial charge is 0.494 e. The summed E-state index contributed by atoms with van der Waals surface area (Å²) in [5.74, 6) is 0. The molecular formula is C25H47BO2. The summed E-state index contributed by atoms with van der Waals surface area (Å²) in [6.07, 6.45) is 17.9. The van der Waals surface area contributed by atoms with E-state index in [4.69, 9.17) is 9.31 Å². The molecule has 3 heteroatoms. The van der Waals surface area contributed by atoms with Gasteiger partial charge in [0.2, 0.25) is 0 Å². The predicted octanol–water partition coefficient (Wildman–Crippen LogP) is 8.09. The van der Waals surface area contributed by atoms with Crippen molar-refractivity contribution in [2.24, 2.45) is 5.41 Å². The minimum absolute atomic E-state index is 0.296. The van der Waals surface area contributed by atoms with E-state index >= 15 is 0 Å². The quantitative estimate of drug-likeness (QED) is 0.358. The van der Waals surface area contributed by atoms with Crippen LogP contribution in [0.25, 0.3) is 0 Å². The summed E-state index contributed by atoms with van der Waals surface area (Å²) in [4.78, 5) is 0. The van der Waals surface area contributed by atoms with Gasteiger partial charge in [-0.05, 0) is 58.3 Å². The van der Waals surface area contributed by atoms with E-state index in [1.165, 1.54) is 44.9 Å². The van der Waals surface area contributed by atoms with E-state index in [1.807, 2.05) is 66.7 Å². The molecule has 0 bridgehead atoms. The predicted molar refractivity (Wildman–Crippen MR) is 127 cm³/mol. The first-order valence-electron chi connectivity index (χ1n) is 11.4. The van der Waals surface area contributed by atoms with Gasteiger partial charge in [0.05, 0.1) is 11.2 Å². The van der Waals surface area contributed by atoms with Gasteiger partial charge in [0, 0.05) is 0 Å². The highest BCUT2D eigenvalue weighted by Gasteiger charge is 2.51. The first kappa shape index (κ1) is 27.2. The lowest BCUT2D eigenvalue weighted by atomic mass is 9.78. The first-order chi connectivity index (χ1) is 13.0. The molecule has 0 atom stereocenters. The van der Waals surface area contributed by atoms with Gasteiger partial charge < -0.3 is 9.31 Å². The highest BCUT2D eigenvalue weighted by Crippen LogP contribution is 2.38. The summed E-state index contributed by atoms with van der Waals surface area (Å²) in [5, 5.41) is 0. The third-order valence-corrected chi connectivity index (χ3v) is 5.95. The highest BCUT2D eigenvalue weighted by molar-refractivity contribution is 6.55. The number of rotatable bonds is 3. The lowest BCUT2D eigenvalue weighted by molar-refractivity contribution is 0.00578. The third kappa shape index (κ3) is 9.14. The molecule has 0 amide bonds. The molecule has 0 aromatic heterocycles. The van der Waals surface area contributed by atoms with E-state index in [2.05, 4.69) is 20.4 Å². The Labute approximate surface area is 177 Å². The van der Waals surface area contributed by atoms with E-state index in [0.717, 1.165) is 5.47 Å². The second kappa shape index (κ2) is 12.7. The van der Waals surface area contributed by atoms with Crippen LogP contribution in [0.2, 0.25) is 0 Å². The molecule has 0 N–H and O–H groups in total. The topological polar surface area (TPSA) is 18.5 Å². The average molecular weight is 390 g/mol. The van der Waals surface area contributed by atoms with Crippen molar-refractivity contribution in [3.63, 3.8) is 0 Å². The van der Waals surface area contributed by atoms with Crippen molar-refractivity contribution in [2.45, 2.75) is 118 Å². The number of hydrogen-bond donors (Lipinski definition) is 0. The van der Waals surface area contributed by atoms with Gasteiger partial charge in [-0.2, -0.15) is 0 Å². The average Bonchev–Trinajstić information content (AvgIpc) is 2.82. The molecule has 28 heavy (non-hydrogen) atoms. The maximum Gasteiger partial charge on any atom is 0.494 e. The van der Waals surface area contributed by atoms with Gasteiger partial charge in [-0.3, -0.25) is 0 Å². The zero-order valence-corrected chi connectivity index (χ0v) is 20.4. The SMILES string of the molecule is C=C/C(=C\C=C/C)B1OC(C)(C)C(C)(C)O1.CC.CC1(C)CCCCCCC1. The molecule has 1 aliphatic carbocycles. The Morgan fingerprint density at radius 3 is 1.64 bits per heavy atom. The van der Waals surface area contributed by atoms with Crippen LogP contribution in [-0.2, 0) is 9.31 Å². The molecule has 0 radical (unpaired) electrons. The minimum atomic E-state index is -0.321. The van der Waals surface area contributed by atoms with Crippen LogP contribution in [0.15, 0.2) is 36.4 Å². The summed E-state index contributed by atoms with van der Waals surface area (Å²) in [6.45, 7) is 22.8. The van der Waals surface area contributed by atoms with Crippen molar-refractivity contribution >= 4 is 7.12 Å². The molecule has 0 aromatic rings. The first-order valence-corrected chi connectivity index (χ1v) is 11.4. The Kier molecular flexibility index (Phi) is 12.3. The molecular weight excluding hydrogens is 343 g/mol. The van der Waals surface area contributed by atoms with Crippen molar-refractivity contribution in [2.75, 3.05) is 0 Å². The minimum Gasteiger partial charge on any atom is -0.399 e. The molecule has 2 nitrogen and oxygen atoms in total. The molecule has 0 aromatic carbocycles. The lowest BCUT2D eigenvalue weighted by Crippen LogP contribution is -2.41. The van der Waals surface area contributed by atoms with Crippen LogP contribution in [0, 0.1) is 5.41 Å². The van der Waals surface area contributed by atoms with Crippen molar-refractivity contribution in [1.29, 1.82) is 0 Å². The summed E-state index contributed by atoms with van der Waals surface area (Å²) in [7, 11) is -0.321. The highest BCUT2D eigenvalue weighted by atomic mass is 16.7. The van der Waals surface area contributed by atoms with Gasteiger partial charge in [-0.15, -0.1) is 0 Å². The maximum absolute atomic E-state index is 5.92. The fourth-order valence-corrected chi connectivity index (χ4v) is 3.29. The molecule has 162 valence electrons. The van der Waals surface area contributed by atoms with Crippen molar-refractivity contribution in [3.05, 3.63) is 36.4 Å².